The average Bonchev–Trinajstić information content (AvgIpc) is 3.52. The molecular formula is C77H116O4. The molecule has 0 saturated heterocycles. The van der Waals surface area contributed by atoms with Gasteiger partial charge in [0, 0.05) is 39.3 Å². The lowest BCUT2D eigenvalue weighted by Crippen LogP contribution is -2.19. The van der Waals surface area contributed by atoms with Crippen molar-refractivity contribution < 1.29 is 18.9 Å². The summed E-state index contributed by atoms with van der Waals surface area (Å²) in [6.07, 6.45) is 0. The molecule has 4 nitrogen and oxygen atoms in total. The van der Waals surface area contributed by atoms with Crippen LogP contribution in [0.3, 0.4) is 0 Å². The first-order chi connectivity index (χ1) is 38.9. The number of hydrogen-bond acceptors (Lipinski definition) is 4. The largest absolute Gasteiger partial charge is 0.496 e. The molecule has 448 valence electrons. The van der Waals surface area contributed by atoms with Crippen LogP contribution in [0.25, 0.3) is 0 Å². The normalized spacial score (nSPS) is 9.02. The number of methoxy groups -OCH3 is 4. The second-order valence-corrected chi connectivity index (χ2v) is 18.2. The summed E-state index contributed by atoms with van der Waals surface area (Å²) >= 11 is 0. The molecule has 0 aliphatic heterocycles. The van der Waals surface area contributed by atoms with Crippen LogP contribution in [0.1, 0.15) is 158 Å². The summed E-state index contributed by atoms with van der Waals surface area (Å²) in [6.45, 7) is 44.0. The molecule has 0 atom stereocenters. The summed E-state index contributed by atoms with van der Waals surface area (Å²) in [6, 6.07) is 72.7. The van der Waals surface area contributed by atoms with Crippen LogP contribution in [-0.2, 0) is 20.3 Å². The molecule has 81 heavy (non-hydrogen) atoms. The van der Waals surface area contributed by atoms with E-state index < -0.39 is 0 Å². The minimum atomic E-state index is -0.00447. The molecule has 0 radical (unpaired) electrons. The van der Waals surface area contributed by atoms with Crippen molar-refractivity contribution in [2.45, 2.75) is 156 Å². The van der Waals surface area contributed by atoms with Crippen LogP contribution in [0.15, 0.2) is 212 Å². The maximum absolute atomic E-state index is 5.35. The van der Waals surface area contributed by atoms with Gasteiger partial charge < -0.3 is 18.9 Å². The Labute approximate surface area is 500 Å². The minimum absolute atomic E-state index is 0.00447. The van der Waals surface area contributed by atoms with Crippen molar-refractivity contribution in [2.75, 3.05) is 42.7 Å². The molecule has 0 saturated carbocycles. The van der Waals surface area contributed by atoms with E-state index in [-0.39, 0.29) is 10.8 Å². The van der Waals surface area contributed by atoms with Crippen molar-refractivity contribution in [3.63, 3.8) is 0 Å². The van der Waals surface area contributed by atoms with Crippen LogP contribution in [0, 0.1) is 48.5 Å². The second-order valence-electron chi connectivity index (χ2n) is 18.2. The Morgan fingerprint density at radius 2 is 0.420 bits per heavy atom. The Kier molecular flexibility index (Phi) is 56.6. The van der Waals surface area contributed by atoms with E-state index in [9.17, 15) is 0 Å². The van der Waals surface area contributed by atoms with E-state index in [1.54, 1.807) is 42.7 Å². The molecule has 8 aromatic carbocycles. The molecule has 0 heterocycles. The quantitative estimate of drug-likeness (QED) is 0.166. The second kappa shape index (κ2) is 55.2. The van der Waals surface area contributed by atoms with Gasteiger partial charge in [0.2, 0.25) is 0 Å². The van der Waals surface area contributed by atoms with Gasteiger partial charge in [-0.1, -0.05) is 303 Å². The fraction of sp³-hybridized carbons (Fsp3) is 0.377. The van der Waals surface area contributed by atoms with Gasteiger partial charge in [0.25, 0.3) is 0 Å². The molecule has 0 amide bonds. The molecule has 0 aromatic heterocycles. The Hall–Kier alpha value is -6.72. The van der Waals surface area contributed by atoms with Gasteiger partial charge in [-0.05, 0) is 116 Å². The summed E-state index contributed by atoms with van der Waals surface area (Å²) in [7, 11) is 9.94. The van der Waals surface area contributed by atoms with Gasteiger partial charge in [0.1, 0.15) is 11.5 Å². The van der Waals surface area contributed by atoms with Crippen molar-refractivity contribution in [3.8, 4) is 11.5 Å². The summed E-state index contributed by atoms with van der Waals surface area (Å²) in [5.74, 6) is 1.90. The predicted molar refractivity (Wildman–Crippen MR) is 365 cm³/mol. The van der Waals surface area contributed by atoms with Gasteiger partial charge >= 0.3 is 0 Å². The third kappa shape index (κ3) is 37.8. The Morgan fingerprint density at radius 3 is 0.580 bits per heavy atom. The Balaban J connectivity index is -0.000000288. The first-order valence-electron chi connectivity index (χ1n) is 29.2. The number of benzene rings is 8. The third-order valence-corrected chi connectivity index (χ3v) is 11.6. The fourth-order valence-corrected chi connectivity index (χ4v) is 6.82. The zero-order chi connectivity index (χ0) is 63.1. The fourth-order valence-electron chi connectivity index (χ4n) is 6.82. The average molecular weight is 1110 g/mol. The zero-order valence-electron chi connectivity index (χ0n) is 56.3. The smallest absolute Gasteiger partial charge is 0.121 e. The maximum Gasteiger partial charge on any atom is 0.121 e. The highest BCUT2D eigenvalue weighted by molar-refractivity contribution is 5.47. The molecule has 0 fully saturated rings. The van der Waals surface area contributed by atoms with Crippen molar-refractivity contribution in [1.29, 1.82) is 0 Å². The van der Waals surface area contributed by atoms with Gasteiger partial charge in [0.05, 0.1) is 14.2 Å². The van der Waals surface area contributed by atoms with Crippen molar-refractivity contribution in [3.05, 3.63) is 274 Å². The van der Waals surface area contributed by atoms with E-state index in [1.165, 1.54) is 61.2 Å². The van der Waals surface area contributed by atoms with Crippen LogP contribution in [0.2, 0.25) is 0 Å². The molecular weight excluding hydrogens is 989 g/mol. The first-order valence-corrected chi connectivity index (χ1v) is 29.2. The summed E-state index contributed by atoms with van der Waals surface area (Å²) in [5.41, 5.74) is 14.4. The highest BCUT2D eigenvalue weighted by atomic mass is 16.5. The van der Waals surface area contributed by atoms with Crippen LogP contribution >= 0.6 is 0 Å². The molecule has 8 aromatic rings. The number of ether oxygens (including phenoxy) is 4. The molecule has 0 aliphatic carbocycles. The van der Waals surface area contributed by atoms with E-state index in [0.717, 1.165) is 11.5 Å². The number of hydrogen-bond donors (Lipinski definition) is 0. The molecule has 4 heteroatoms. The van der Waals surface area contributed by atoms with E-state index in [0.29, 0.717) is 0 Å². The van der Waals surface area contributed by atoms with E-state index in [2.05, 4.69) is 171 Å². The van der Waals surface area contributed by atoms with Gasteiger partial charge in [-0.2, -0.15) is 0 Å². The van der Waals surface area contributed by atoms with Gasteiger partial charge in [0.15, 0.2) is 0 Å². The van der Waals surface area contributed by atoms with Crippen molar-refractivity contribution in [1.82, 2.24) is 0 Å². The predicted octanol–water partition coefficient (Wildman–Crippen LogP) is 22.6. The van der Waals surface area contributed by atoms with Crippen molar-refractivity contribution in [2.24, 2.45) is 0 Å². The zero-order valence-corrected chi connectivity index (χ0v) is 56.3. The highest BCUT2D eigenvalue weighted by Crippen LogP contribution is 2.36. The number of aryl methyl sites for hydroxylation is 7. The summed E-state index contributed by atoms with van der Waals surface area (Å²) in [4.78, 5) is 0. The van der Waals surface area contributed by atoms with E-state index in [4.69, 9.17) is 9.47 Å². The van der Waals surface area contributed by atoms with E-state index in [1.807, 2.05) is 197 Å². The lowest BCUT2D eigenvalue weighted by atomic mass is 9.77. The molecule has 0 bridgehead atoms. The molecule has 0 unspecified atom stereocenters. The van der Waals surface area contributed by atoms with Gasteiger partial charge in [-0.25, -0.2) is 0 Å². The Morgan fingerprint density at radius 1 is 0.235 bits per heavy atom. The standard InChI is InChI=1S/2C19H24O.C7H8.3C6H6.2C2H6O.5C2H6/c2*1-13-7-8-16(11-14(13)2)19(4,5)17-9-10-18(20-6)15(3)12-17;1-7-5-3-2-4-6-7;3*1-2-4-6-5-3-1;2*1-3-2;5*1-2/h2*7-12H,1-6H3;2-6H,1H3;3*1-6H;2*1-2H3;5*1-2H3. The van der Waals surface area contributed by atoms with Crippen LogP contribution in [0.5, 0.6) is 11.5 Å². The Bertz CT molecular complexity index is 2280. The summed E-state index contributed by atoms with van der Waals surface area (Å²) < 4.78 is 19.2. The monoisotopic (exact) mass is 1100 g/mol. The van der Waals surface area contributed by atoms with Crippen LogP contribution < -0.4 is 9.47 Å². The van der Waals surface area contributed by atoms with Gasteiger partial charge in [-0.15, -0.1) is 0 Å². The molecule has 0 aliphatic rings. The lowest BCUT2D eigenvalue weighted by molar-refractivity contribution is 0.277. The van der Waals surface area contributed by atoms with Crippen molar-refractivity contribution >= 4 is 0 Å². The van der Waals surface area contributed by atoms with Crippen LogP contribution in [-0.4, -0.2) is 42.7 Å². The first kappa shape index (κ1) is 83.1. The van der Waals surface area contributed by atoms with E-state index >= 15 is 0 Å². The molecule has 0 N–H and O–H groups in total. The van der Waals surface area contributed by atoms with Crippen LogP contribution in [0.4, 0.5) is 0 Å². The lowest BCUT2D eigenvalue weighted by Gasteiger charge is -2.27. The molecule has 0 spiro atoms. The number of rotatable bonds is 6. The minimum Gasteiger partial charge on any atom is -0.496 e. The SMILES string of the molecule is CC.CC.CC.CC.CC.COC.COC.COc1ccc(C(C)(C)c2ccc(C)c(C)c2)cc1C.COc1ccc(C(C)(C)c2ccc(C)c(C)c2)cc1C.Cc1ccccc1.c1ccccc1.c1ccccc1.c1ccccc1. The third-order valence-electron chi connectivity index (χ3n) is 11.6. The topological polar surface area (TPSA) is 36.9 Å². The maximum atomic E-state index is 5.35. The van der Waals surface area contributed by atoms with Gasteiger partial charge in [-0.3, -0.25) is 0 Å². The highest BCUT2D eigenvalue weighted by Gasteiger charge is 2.25. The summed E-state index contributed by atoms with van der Waals surface area (Å²) in [5, 5.41) is 0. The molecule has 8 rings (SSSR count).